The van der Waals surface area contributed by atoms with E-state index in [1.165, 1.54) is 31.2 Å². The van der Waals surface area contributed by atoms with Crippen LogP contribution in [0.2, 0.25) is 0 Å². The molecule has 3 rings (SSSR count). The van der Waals surface area contributed by atoms with Crippen molar-refractivity contribution in [3.63, 3.8) is 0 Å². The quantitative estimate of drug-likeness (QED) is 0.904. The minimum Gasteiger partial charge on any atom is -0.315 e. The summed E-state index contributed by atoms with van der Waals surface area (Å²) in [5.41, 5.74) is 2.32. The zero-order valence-electron chi connectivity index (χ0n) is 11.6. The molecule has 3 heteroatoms. The Morgan fingerprint density at radius 2 is 2.00 bits per heavy atom. The molecule has 1 aromatic rings. The Morgan fingerprint density at radius 3 is 2.79 bits per heavy atom. The molecule has 0 bridgehead atoms. The highest BCUT2D eigenvalue weighted by atomic mass is 16.2. The molecular weight excluding hydrogens is 236 g/mol. The van der Waals surface area contributed by atoms with Crippen molar-refractivity contribution in [2.45, 2.75) is 38.1 Å². The predicted molar refractivity (Wildman–Crippen MR) is 77.2 cm³/mol. The third kappa shape index (κ3) is 2.52. The average Bonchev–Trinajstić information content (AvgIpc) is 2.95. The Bertz CT molecular complexity index is 466. The number of benzene rings is 1. The molecule has 1 saturated carbocycles. The zero-order chi connectivity index (χ0) is 13.2. The highest BCUT2D eigenvalue weighted by Gasteiger charge is 2.29. The van der Waals surface area contributed by atoms with Gasteiger partial charge in [0.15, 0.2) is 0 Å². The number of rotatable bonds is 3. The molecular formula is C16H22N2O. The summed E-state index contributed by atoms with van der Waals surface area (Å²) in [5, 5.41) is 3.62. The minimum absolute atomic E-state index is 0.195. The number of carbonyl (C=O) groups excluding carboxylic acids is 1. The molecule has 1 N–H and O–H groups in total. The molecule has 1 atom stereocenters. The molecule has 1 fully saturated rings. The van der Waals surface area contributed by atoms with Crippen molar-refractivity contribution in [3.05, 3.63) is 29.8 Å². The van der Waals surface area contributed by atoms with Crippen LogP contribution in [0.25, 0.3) is 0 Å². The number of amides is 1. The molecule has 2 aliphatic rings. The van der Waals surface area contributed by atoms with Crippen LogP contribution in [0.15, 0.2) is 24.3 Å². The normalized spacial score (nSPS) is 23.7. The van der Waals surface area contributed by atoms with E-state index in [-0.39, 0.29) is 11.9 Å². The molecule has 3 nitrogen and oxygen atoms in total. The molecule has 0 spiro atoms. The summed E-state index contributed by atoms with van der Waals surface area (Å²) in [6.45, 7) is 1.05. The second-order valence-corrected chi connectivity index (χ2v) is 5.83. The molecule has 0 saturated heterocycles. The largest absolute Gasteiger partial charge is 0.315 e. The maximum absolute atomic E-state index is 12.0. The number of anilines is 1. The number of para-hydroxylation sites is 1. The van der Waals surface area contributed by atoms with Gasteiger partial charge in [-0.1, -0.05) is 31.0 Å². The Kier molecular flexibility index (Phi) is 3.56. The molecule has 0 aromatic heterocycles. The number of hydrogen-bond acceptors (Lipinski definition) is 2. The van der Waals surface area contributed by atoms with Gasteiger partial charge in [0.2, 0.25) is 5.91 Å². The number of nitrogens with zero attached hydrogens (tertiary/aromatic N) is 1. The molecule has 1 unspecified atom stereocenters. The van der Waals surface area contributed by atoms with Gasteiger partial charge in [-0.15, -0.1) is 0 Å². The van der Waals surface area contributed by atoms with E-state index in [0.717, 1.165) is 18.2 Å². The van der Waals surface area contributed by atoms with Crippen LogP contribution >= 0.6 is 0 Å². The second kappa shape index (κ2) is 5.33. The Morgan fingerprint density at radius 1 is 1.26 bits per heavy atom. The first-order valence-electron chi connectivity index (χ1n) is 7.34. The monoisotopic (exact) mass is 258 g/mol. The van der Waals surface area contributed by atoms with Crippen molar-refractivity contribution >= 4 is 11.6 Å². The summed E-state index contributed by atoms with van der Waals surface area (Å²) < 4.78 is 0. The van der Waals surface area contributed by atoms with Gasteiger partial charge in [0.25, 0.3) is 0 Å². The van der Waals surface area contributed by atoms with Gasteiger partial charge < -0.3 is 10.2 Å². The van der Waals surface area contributed by atoms with Crippen molar-refractivity contribution in [2.24, 2.45) is 5.92 Å². The third-order valence-electron chi connectivity index (χ3n) is 4.55. The van der Waals surface area contributed by atoms with Gasteiger partial charge in [0, 0.05) is 25.2 Å². The van der Waals surface area contributed by atoms with Crippen LogP contribution in [0.3, 0.4) is 0 Å². The van der Waals surface area contributed by atoms with Crippen molar-refractivity contribution in [3.8, 4) is 0 Å². The fourth-order valence-electron chi connectivity index (χ4n) is 3.35. The fraction of sp³-hybridized carbons (Fsp3) is 0.562. The summed E-state index contributed by atoms with van der Waals surface area (Å²) >= 11 is 0. The lowest BCUT2D eigenvalue weighted by Crippen LogP contribution is -2.38. The van der Waals surface area contributed by atoms with E-state index in [0.29, 0.717) is 6.42 Å². The van der Waals surface area contributed by atoms with Crippen LogP contribution in [0.1, 0.15) is 43.7 Å². The van der Waals surface area contributed by atoms with Gasteiger partial charge in [0.05, 0.1) is 0 Å². The Hall–Kier alpha value is -1.35. The summed E-state index contributed by atoms with van der Waals surface area (Å²) in [7, 11) is 1.87. The Labute approximate surface area is 115 Å². The molecule has 102 valence electrons. The maximum Gasteiger partial charge on any atom is 0.228 e. The van der Waals surface area contributed by atoms with Crippen LogP contribution < -0.4 is 10.2 Å². The summed E-state index contributed by atoms with van der Waals surface area (Å²) in [6, 6.07) is 8.44. The standard InChI is InChI=1S/C16H22N2O/c1-18-15-9-5-4-8-13(15)14(10-16(18)19)17-11-12-6-2-3-7-12/h4-5,8-9,12,14,17H,2-3,6-7,10-11H2,1H3. The predicted octanol–water partition coefficient (Wildman–Crippen LogP) is 2.87. The Balaban J connectivity index is 1.74. The third-order valence-corrected chi connectivity index (χ3v) is 4.55. The lowest BCUT2D eigenvalue weighted by atomic mass is 9.95. The van der Waals surface area contributed by atoms with Gasteiger partial charge in [-0.3, -0.25) is 4.79 Å². The number of fused-ring (bicyclic) bond motifs is 1. The van der Waals surface area contributed by atoms with E-state index in [1.54, 1.807) is 4.90 Å². The van der Waals surface area contributed by atoms with Crippen molar-refractivity contribution in [1.82, 2.24) is 5.32 Å². The van der Waals surface area contributed by atoms with E-state index in [9.17, 15) is 4.79 Å². The lowest BCUT2D eigenvalue weighted by Gasteiger charge is -2.32. The SMILES string of the molecule is CN1C(=O)CC(NCC2CCCC2)c2ccccc21. The van der Waals surface area contributed by atoms with E-state index in [1.807, 2.05) is 19.2 Å². The number of carbonyl (C=O) groups is 1. The lowest BCUT2D eigenvalue weighted by molar-refractivity contribution is -0.119. The van der Waals surface area contributed by atoms with Gasteiger partial charge >= 0.3 is 0 Å². The van der Waals surface area contributed by atoms with Crippen LogP contribution in [0.4, 0.5) is 5.69 Å². The van der Waals surface area contributed by atoms with E-state index in [4.69, 9.17) is 0 Å². The van der Waals surface area contributed by atoms with E-state index < -0.39 is 0 Å². The van der Waals surface area contributed by atoms with Gasteiger partial charge in [-0.05, 0) is 36.9 Å². The molecule has 1 aliphatic carbocycles. The first-order chi connectivity index (χ1) is 9.25. The van der Waals surface area contributed by atoms with Crippen molar-refractivity contribution in [1.29, 1.82) is 0 Å². The van der Waals surface area contributed by atoms with Crippen LogP contribution in [0, 0.1) is 5.92 Å². The smallest absolute Gasteiger partial charge is 0.228 e. The number of hydrogen-bond donors (Lipinski definition) is 1. The first kappa shape index (κ1) is 12.7. The zero-order valence-corrected chi connectivity index (χ0v) is 11.6. The molecule has 19 heavy (non-hydrogen) atoms. The van der Waals surface area contributed by atoms with E-state index >= 15 is 0 Å². The molecule has 1 heterocycles. The highest BCUT2D eigenvalue weighted by Crippen LogP contribution is 2.34. The maximum atomic E-state index is 12.0. The minimum atomic E-state index is 0.195. The highest BCUT2D eigenvalue weighted by molar-refractivity contribution is 5.96. The van der Waals surface area contributed by atoms with Crippen LogP contribution in [0.5, 0.6) is 0 Å². The molecule has 1 aliphatic heterocycles. The van der Waals surface area contributed by atoms with Crippen molar-refractivity contribution < 1.29 is 4.79 Å². The fourth-order valence-corrected chi connectivity index (χ4v) is 3.35. The summed E-state index contributed by atoms with van der Waals surface area (Å²) in [4.78, 5) is 13.8. The van der Waals surface area contributed by atoms with Gasteiger partial charge in [-0.25, -0.2) is 0 Å². The topological polar surface area (TPSA) is 32.3 Å². The average molecular weight is 258 g/mol. The van der Waals surface area contributed by atoms with Gasteiger partial charge in [-0.2, -0.15) is 0 Å². The number of nitrogens with one attached hydrogen (secondary N) is 1. The molecule has 0 radical (unpaired) electrons. The van der Waals surface area contributed by atoms with Crippen LogP contribution in [-0.4, -0.2) is 19.5 Å². The molecule has 1 amide bonds. The summed E-state index contributed by atoms with van der Waals surface area (Å²) in [6.07, 6.45) is 6.01. The summed E-state index contributed by atoms with van der Waals surface area (Å²) in [5.74, 6) is 1.02. The molecule has 1 aromatic carbocycles. The van der Waals surface area contributed by atoms with Crippen molar-refractivity contribution in [2.75, 3.05) is 18.5 Å². The van der Waals surface area contributed by atoms with Crippen LogP contribution in [-0.2, 0) is 4.79 Å². The second-order valence-electron chi connectivity index (χ2n) is 5.83. The van der Waals surface area contributed by atoms with E-state index in [2.05, 4.69) is 17.4 Å². The van der Waals surface area contributed by atoms with Gasteiger partial charge in [0.1, 0.15) is 0 Å². The first-order valence-corrected chi connectivity index (χ1v) is 7.34.